The van der Waals surface area contributed by atoms with Gasteiger partial charge in [0.2, 0.25) is 0 Å². The van der Waals surface area contributed by atoms with Crippen LogP contribution < -0.4 is 11.1 Å². The van der Waals surface area contributed by atoms with Crippen LogP contribution in [-0.2, 0) is 6.42 Å². The van der Waals surface area contributed by atoms with Crippen molar-refractivity contribution < 1.29 is 0 Å². The minimum atomic E-state index is 0.583. The van der Waals surface area contributed by atoms with Crippen molar-refractivity contribution in [3.63, 3.8) is 0 Å². The summed E-state index contributed by atoms with van der Waals surface area (Å²) in [6.07, 6.45) is 0.885. The molecule has 0 aliphatic rings. The van der Waals surface area contributed by atoms with Crippen LogP contribution in [0.15, 0.2) is 23.6 Å². The smallest absolute Gasteiger partial charge is 0.0897 e. The molecule has 0 fully saturated rings. The van der Waals surface area contributed by atoms with Crippen molar-refractivity contribution >= 4 is 34.3 Å². The highest BCUT2D eigenvalue weighted by atomic mass is 35.5. The van der Waals surface area contributed by atoms with Crippen LogP contribution in [0.5, 0.6) is 0 Å². The number of hydrogen-bond acceptors (Lipinski definition) is 4. The molecule has 2 rings (SSSR count). The third kappa shape index (κ3) is 3.11. The minimum absolute atomic E-state index is 0.583. The maximum atomic E-state index is 5.94. The van der Waals surface area contributed by atoms with Crippen molar-refractivity contribution in [2.24, 2.45) is 0 Å². The Bertz CT molecular complexity index is 510. The number of para-hydroxylation sites is 1. The molecule has 0 aliphatic heterocycles. The molecule has 0 amide bonds. The van der Waals surface area contributed by atoms with E-state index in [0.29, 0.717) is 10.7 Å². The van der Waals surface area contributed by atoms with E-state index in [1.165, 1.54) is 0 Å². The van der Waals surface area contributed by atoms with Crippen molar-refractivity contribution in [2.75, 3.05) is 17.6 Å². The number of nitrogen functional groups attached to an aromatic ring is 1. The summed E-state index contributed by atoms with van der Waals surface area (Å²) >= 11 is 7.61. The van der Waals surface area contributed by atoms with E-state index in [9.17, 15) is 0 Å². The van der Waals surface area contributed by atoms with E-state index in [1.807, 2.05) is 19.1 Å². The summed E-state index contributed by atoms with van der Waals surface area (Å²) < 4.78 is 0. The summed E-state index contributed by atoms with van der Waals surface area (Å²) in [5.74, 6) is 0. The molecule has 0 radical (unpaired) electrons. The lowest BCUT2D eigenvalue weighted by molar-refractivity contribution is 0.969. The number of benzene rings is 1. The molecule has 5 heteroatoms. The molecule has 3 N–H and O–H groups in total. The highest BCUT2D eigenvalue weighted by Crippen LogP contribution is 2.26. The van der Waals surface area contributed by atoms with Crippen LogP contribution >= 0.6 is 22.9 Å². The Morgan fingerprint density at radius 1 is 1.47 bits per heavy atom. The van der Waals surface area contributed by atoms with Gasteiger partial charge in [0.15, 0.2) is 0 Å². The number of anilines is 2. The van der Waals surface area contributed by atoms with Crippen LogP contribution in [0.3, 0.4) is 0 Å². The predicted molar refractivity (Wildman–Crippen MR) is 74.9 cm³/mol. The predicted octanol–water partition coefficient (Wildman–Crippen LogP) is 3.34. The highest BCUT2D eigenvalue weighted by Gasteiger charge is 2.03. The molecular formula is C12H14ClN3S. The van der Waals surface area contributed by atoms with Crippen molar-refractivity contribution in [3.05, 3.63) is 39.3 Å². The molecule has 0 saturated heterocycles. The Hall–Kier alpha value is -1.26. The Kier molecular flexibility index (Phi) is 3.86. The average molecular weight is 268 g/mol. The quantitative estimate of drug-likeness (QED) is 0.836. The fourth-order valence-corrected chi connectivity index (χ4v) is 2.36. The number of nitrogens with zero attached hydrogens (tertiary/aromatic N) is 1. The van der Waals surface area contributed by atoms with E-state index >= 15 is 0 Å². The summed E-state index contributed by atoms with van der Waals surface area (Å²) in [7, 11) is 0. The molecule has 0 spiro atoms. The zero-order valence-electron chi connectivity index (χ0n) is 9.53. The van der Waals surface area contributed by atoms with Gasteiger partial charge < -0.3 is 11.1 Å². The summed E-state index contributed by atoms with van der Waals surface area (Å²) in [6, 6.07) is 5.59. The van der Waals surface area contributed by atoms with E-state index in [4.69, 9.17) is 17.3 Å². The molecule has 2 aromatic rings. The van der Waals surface area contributed by atoms with Crippen LogP contribution in [0, 0.1) is 6.92 Å². The van der Waals surface area contributed by atoms with Gasteiger partial charge in [-0.15, -0.1) is 11.3 Å². The summed E-state index contributed by atoms with van der Waals surface area (Å²) in [5, 5.41) is 7.03. The van der Waals surface area contributed by atoms with Gasteiger partial charge in [-0.05, 0) is 19.1 Å². The van der Waals surface area contributed by atoms with E-state index in [2.05, 4.69) is 15.7 Å². The van der Waals surface area contributed by atoms with Crippen LogP contribution in [0.1, 0.15) is 10.7 Å². The van der Waals surface area contributed by atoms with Gasteiger partial charge >= 0.3 is 0 Å². The molecule has 0 saturated carbocycles. The van der Waals surface area contributed by atoms with Gasteiger partial charge in [-0.2, -0.15) is 0 Å². The van der Waals surface area contributed by atoms with E-state index in [0.717, 1.165) is 29.4 Å². The average Bonchev–Trinajstić information content (AvgIpc) is 2.70. The van der Waals surface area contributed by atoms with Crippen molar-refractivity contribution in [3.8, 4) is 0 Å². The molecule has 0 aliphatic carbocycles. The second kappa shape index (κ2) is 5.38. The first-order valence-corrected chi connectivity index (χ1v) is 6.61. The Labute approximate surface area is 110 Å². The lowest BCUT2D eigenvalue weighted by Gasteiger charge is -2.09. The van der Waals surface area contributed by atoms with Gasteiger partial charge in [0, 0.05) is 18.3 Å². The van der Waals surface area contributed by atoms with Gasteiger partial charge in [0.1, 0.15) is 0 Å². The van der Waals surface area contributed by atoms with Gasteiger partial charge in [-0.3, -0.25) is 0 Å². The minimum Gasteiger partial charge on any atom is -0.396 e. The second-order valence-corrected chi connectivity index (χ2v) is 5.21. The Morgan fingerprint density at radius 3 is 3.00 bits per heavy atom. The van der Waals surface area contributed by atoms with Crippen molar-refractivity contribution in [1.82, 2.24) is 4.98 Å². The Balaban J connectivity index is 1.92. The first-order chi connectivity index (χ1) is 8.16. The van der Waals surface area contributed by atoms with Gasteiger partial charge in [0.25, 0.3) is 0 Å². The molecule has 3 nitrogen and oxygen atoms in total. The fourth-order valence-electron chi connectivity index (χ4n) is 1.54. The molecule has 1 aromatic carbocycles. The Morgan fingerprint density at radius 2 is 2.29 bits per heavy atom. The van der Waals surface area contributed by atoms with E-state index in [-0.39, 0.29) is 0 Å². The van der Waals surface area contributed by atoms with Gasteiger partial charge in [-0.1, -0.05) is 17.7 Å². The first kappa shape index (κ1) is 12.2. The second-order valence-electron chi connectivity index (χ2n) is 3.74. The molecule has 0 unspecified atom stereocenters. The number of nitrogens with two attached hydrogens (primary N) is 1. The summed E-state index contributed by atoms with van der Waals surface area (Å²) in [4.78, 5) is 4.40. The number of rotatable bonds is 4. The maximum Gasteiger partial charge on any atom is 0.0897 e. The normalized spacial score (nSPS) is 10.5. The number of hydrogen-bond donors (Lipinski definition) is 2. The lowest BCUT2D eigenvalue weighted by atomic mass is 10.2. The monoisotopic (exact) mass is 267 g/mol. The topological polar surface area (TPSA) is 50.9 Å². The van der Waals surface area contributed by atoms with E-state index in [1.54, 1.807) is 17.4 Å². The molecular weight excluding hydrogens is 254 g/mol. The van der Waals surface area contributed by atoms with Crippen LogP contribution in [0.25, 0.3) is 0 Å². The third-order valence-corrected chi connectivity index (χ3v) is 3.57. The van der Waals surface area contributed by atoms with Gasteiger partial charge in [-0.25, -0.2) is 4.98 Å². The maximum absolute atomic E-state index is 5.94. The molecule has 17 heavy (non-hydrogen) atoms. The van der Waals surface area contributed by atoms with E-state index < -0.39 is 0 Å². The summed E-state index contributed by atoms with van der Waals surface area (Å²) in [5.41, 5.74) is 8.45. The number of nitrogens with one attached hydrogen (secondary N) is 1. The third-order valence-electron chi connectivity index (χ3n) is 2.42. The van der Waals surface area contributed by atoms with Crippen molar-refractivity contribution in [2.45, 2.75) is 13.3 Å². The van der Waals surface area contributed by atoms with Crippen LogP contribution in [0.2, 0.25) is 5.02 Å². The molecule has 1 heterocycles. The molecule has 1 aromatic heterocycles. The van der Waals surface area contributed by atoms with Gasteiger partial charge in [0.05, 0.1) is 27.1 Å². The van der Waals surface area contributed by atoms with Crippen LogP contribution in [0.4, 0.5) is 11.4 Å². The number of aromatic nitrogens is 1. The fraction of sp³-hybridized carbons (Fsp3) is 0.250. The SMILES string of the molecule is Cc1nc(CCNc2cccc(Cl)c2N)cs1. The van der Waals surface area contributed by atoms with Crippen LogP contribution in [-0.4, -0.2) is 11.5 Å². The standard InChI is InChI=1S/C12H14ClN3S/c1-8-16-9(7-17-8)5-6-15-11-4-2-3-10(13)12(11)14/h2-4,7,15H,5-6,14H2,1H3. The number of thiazole rings is 1. The number of aryl methyl sites for hydroxylation is 1. The zero-order valence-corrected chi connectivity index (χ0v) is 11.1. The summed E-state index contributed by atoms with van der Waals surface area (Å²) in [6.45, 7) is 2.81. The molecule has 90 valence electrons. The molecule has 0 bridgehead atoms. The van der Waals surface area contributed by atoms with Crippen molar-refractivity contribution in [1.29, 1.82) is 0 Å². The lowest BCUT2D eigenvalue weighted by Crippen LogP contribution is -2.07. The molecule has 0 atom stereocenters. The highest BCUT2D eigenvalue weighted by molar-refractivity contribution is 7.09. The largest absolute Gasteiger partial charge is 0.396 e. The number of halogens is 1. The zero-order chi connectivity index (χ0) is 12.3. The first-order valence-electron chi connectivity index (χ1n) is 5.35.